The van der Waals surface area contributed by atoms with Crippen molar-refractivity contribution >= 4 is 40.5 Å². The van der Waals surface area contributed by atoms with E-state index in [0.717, 1.165) is 22.7 Å². The average Bonchev–Trinajstić information content (AvgIpc) is 3.40. The second kappa shape index (κ2) is 8.90. The summed E-state index contributed by atoms with van der Waals surface area (Å²) in [6, 6.07) is 20.5. The van der Waals surface area contributed by atoms with Crippen LogP contribution < -0.4 is 5.32 Å². The van der Waals surface area contributed by atoms with Gasteiger partial charge in [-0.05, 0) is 66.8 Å². The van der Waals surface area contributed by atoms with E-state index in [1.807, 2.05) is 54.6 Å². The van der Waals surface area contributed by atoms with E-state index in [2.05, 4.69) is 20.2 Å². The van der Waals surface area contributed by atoms with Crippen LogP contribution in [0, 0.1) is 0 Å². The van der Waals surface area contributed by atoms with Gasteiger partial charge in [0, 0.05) is 23.0 Å². The van der Waals surface area contributed by atoms with Crippen LogP contribution in [0.15, 0.2) is 83.5 Å². The summed E-state index contributed by atoms with van der Waals surface area (Å²) in [5, 5.41) is 5.15. The maximum Gasteiger partial charge on any atom is 0.170 e. The summed E-state index contributed by atoms with van der Waals surface area (Å²) in [7, 11) is 0. The monoisotopic (exact) mass is 480 g/mol. The first-order valence-corrected chi connectivity index (χ1v) is 11.2. The highest BCUT2D eigenvalue weighted by Gasteiger charge is 2.41. The molecule has 5 nitrogen and oxygen atoms in total. The van der Waals surface area contributed by atoms with E-state index in [1.54, 1.807) is 24.5 Å². The largest absolute Gasteiger partial charge is 0.459 e. The molecule has 0 bridgehead atoms. The number of nitrogens with one attached hydrogen (secondary N) is 1. The topological polar surface area (TPSA) is 54.2 Å². The highest BCUT2D eigenvalue weighted by Crippen LogP contribution is 2.42. The minimum absolute atomic E-state index is 0.174. The fourth-order valence-corrected chi connectivity index (χ4v) is 4.70. The summed E-state index contributed by atoms with van der Waals surface area (Å²) >= 11 is 18.2. The molecule has 32 heavy (non-hydrogen) atoms. The Morgan fingerprint density at radius 2 is 1.78 bits per heavy atom. The number of nitrogens with zero attached hydrogens (tertiary/aromatic N) is 3. The first-order valence-electron chi connectivity index (χ1n) is 10.0. The molecule has 5 rings (SSSR count). The van der Waals surface area contributed by atoms with Crippen LogP contribution in [0.4, 0.5) is 0 Å². The van der Waals surface area contributed by atoms with Gasteiger partial charge in [0.2, 0.25) is 0 Å². The lowest BCUT2D eigenvalue weighted by Gasteiger charge is -2.25. The van der Waals surface area contributed by atoms with E-state index in [1.165, 1.54) is 0 Å². The Labute approximate surface area is 201 Å². The summed E-state index contributed by atoms with van der Waals surface area (Å²) < 4.78 is 6.33. The third kappa shape index (κ3) is 4.09. The van der Waals surface area contributed by atoms with Crippen LogP contribution in [0.5, 0.6) is 0 Å². The zero-order valence-corrected chi connectivity index (χ0v) is 19.1. The van der Waals surface area contributed by atoms with E-state index < -0.39 is 0 Å². The highest BCUT2D eigenvalue weighted by atomic mass is 35.5. The summed E-state index contributed by atoms with van der Waals surface area (Å²) in [5.41, 5.74) is 2.57. The van der Waals surface area contributed by atoms with E-state index in [4.69, 9.17) is 39.8 Å². The van der Waals surface area contributed by atoms with Crippen LogP contribution in [0.25, 0.3) is 11.3 Å². The van der Waals surface area contributed by atoms with Gasteiger partial charge in [0.25, 0.3) is 0 Å². The molecule has 0 unspecified atom stereocenters. The van der Waals surface area contributed by atoms with Gasteiger partial charge in [-0.1, -0.05) is 35.3 Å². The van der Waals surface area contributed by atoms with Gasteiger partial charge in [0.1, 0.15) is 17.6 Å². The number of aromatic nitrogens is 2. The van der Waals surface area contributed by atoms with Crippen molar-refractivity contribution in [1.82, 2.24) is 20.2 Å². The summed E-state index contributed by atoms with van der Waals surface area (Å²) in [4.78, 5) is 11.1. The number of furan rings is 1. The van der Waals surface area contributed by atoms with Crippen molar-refractivity contribution in [3.05, 3.63) is 106 Å². The van der Waals surface area contributed by atoms with Gasteiger partial charge in [0.15, 0.2) is 5.11 Å². The Bertz CT molecular complexity index is 1250. The van der Waals surface area contributed by atoms with Crippen molar-refractivity contribution in [2.45, 2.75) is 18.6 Å². The summed E-state index contributed by atoms with van der Waals surface area (Å²) in [6.45, 7) is 0.540. The Morgan fingerprint density at radius 1 is 0.969 bits per heavy atom. The molecule has 160 valence electrons. The lowest BCUT2D eigenvalue weighted by molar-refractivity contribution is 0.267. The van der Waals surface area contributed by atoms with Crippen LogP contribution in [-0.4, -0.2) is 20.0 Å². The molecule has 0 radical (unpaired) electrons. The molecule has 0 spiro atoms. The van der Waals surface area contributed by atoms with Crippen molar-refractivity contribution in [2.75, 3.05) is 0 Å². The van der Waals surface area contributed by atoms with Gasteiger partial charge in [-0.25, -0.2) is 0 Å². The number of pyridine rings is 2. The standard InChI is InChI=1S/C24H18Cl2N4OS/c25-15-7-8-17(18(26)13-15)20-9-10-21(31-20)23-22(19-6-2-4-12-28-19)29-24(32)30(23)14-16-5-1-3-11-27-16/h1-13,22-23H,14H2,(H,29,32)/t22-,23-/m1/s1. The number of benzene rings is 1. The number of hydrogen-bond acceptors (Lipinski definition) is 4. The molecule has 0 amide bonds. The van der Waals surface area contributed by atoms with E-state index in [0.29, 0.717) is 27.5 Å². The molecule has 1 fully saturated rings. The number of thiocarbonyl (C=S) groups is 1. The summed E-state index contributed by atoms with van der Waals surface area (Å²) in [5.74, 6) is 1.42. The molecule has 8 heteroatoms. The van der Waals surface area contributed by atoms with Crippen molar-refractivity contribution < 1.29 is 4.42 Å². The fourth-order valence-electron chi connectivity index (χ4n) is 3.90. The maximum absolute atomic E-state index is 6.41. The highest BCUT2D eigenvalue weighted by molar-refractivity contribution is 7.80. The molecule has 3 aromatic heterocycles. The molecular weight excluding hydrogens is 463 g/mol. The normalized spacial score (nSPS) is 18.1. The predicted molar refractivity (Wildman–Crippen MR) is 129 cm³/mol. The number of halogens is 2. The van der Waals surface area contributed by atoms with Gasteiger partial charge < -0.3 is 14.6 Å². The van der Waals surface area contributed by atoms with E-state index in [-0.39, 0.29) is 12.1 Å². The van der Waals surface area contributed by atoms with Crippen molar-refractivity contribution in [3.8, 4) is 11.3 Å². The van der Waals surface area contributed by atoms with Crippen LogP contribution >= 0.6 is 35.4 Å². The van der Waals surface area contributed by atoms with Crippen molar-refractivity contribution in [2.24, 2.45) is 0 Å². The minimum Gasteiger partial charge on any atom is -0.459 e. The molecule has 1 aromatic carbocycles. The Morgan fingerprint density at radius 3 is 2.50 bits per heavy atom. The Balaban J connectivity index is 1.55. The van der Waals surface area contributed by atoms with E-state index >= 15 is 0 Å². The quantitative estimate of drug-likeness (QED) is 0.342. The van der Waals surface area contributed by atoms with Crippen LogP contribution in [0.1, 0.15) is 29.2 Å². The number of rotatable bonds is 5. The molecule has 2 atom stereocenters. The molecule has 1 N–H and O–H groups in total. The van der Waals surface area contributed by atoms with Gasteiger partial charge in [-0.15, -0.1) is 0 Å². The SMILES string of the molecule is S=C1N[C@H](c2ccccn2)[C@@H](c2ccc(-c3ccc(Cl)cc3Cl)o2)N1Cc1ccccn1. The lowest BCUT2D eigenvalue weighted by Crippen LogP contribution is -2.29. The van der Waals surface area contributed by atoms with Gasteiger partial charge in [0.05, 0.1) is 29.0 Å². The molecule has 4 heterocycles. The second-order valence-corrected chi connectivity index (χ2v) is 8.63. The fraction of sp³-hybridized carbons (Fsp3) is 0.125. The molecule has 0 saturated carbocycles. The molecule has 1 saturated heterocycles. The van der Waals surface area contributed by atoms with Crippen molar-refractivity contribution in [1.29, 1.82) is 0 Å². The van der Waals surface area contributed by atoms with Gasteiger partial charge in [-0.2, -0.15) is 0 Å². The number of hydrogen-bond donors (Lipinski definition) is 1. The van der Waals surface area contributed by atoms with Gasteiger partial charge in [-0.3, -0.25) is 9.97 Å². The van der Waals surface area contributed by atoms with Crippen LogP contribution in [-0.2, 0) is 6.54 Å². The van der Waals surface area contributed by atoms with Crippen LogP contribution in [0.3, 0.4) is 0 Å². The summed E-state index contributed by atoms with van der Waals surface area (Å²) in [6.07, 6.45) is 3.56. The zero-order valence-electron chi connectivity index (χ0n) is 16.8. The third-order valence-electron chi connectivity index (χ3n) is 5.37. The van der Waals surface area contributed by atoms with Gasteiger partial charge >= 0.3 is 0 Å². The lowest BCUT2D eigenvalue weighted by atomic mass is 10.0. The molecule has 1 aliphatic rings. The first kappa shape index (κ1) is 20.9. The third-order valence-corrected chi connectivity index (χ3v) is 6.27. The average molecular weight is 481 g/mol. The first-order chi connectivity index (χ1) is 15.6. The Hall–Kier alpha value is -2.93. The molecular formula is C24H18Cl2N4OS. The molecule has 1 aliphatic heterocycles. The van der Waals surface area contributed by atoms with E-state index in [9.17, 15) is 0 Å². The zero-order chi connectivity index (χ0) is 22.1. The second-order valence-electron chi connectivity index (χ2n) is 7.40. The molecule has 0 aliphatic carbocycles. The molecule has 4 aromatic rings. The predicted octanol–water partition coefficient (Wildman–Crippen LogP) is 6.22. The Kier molecular flexibility index (Phi) is 5.83. The van der Waals surface area contributed by atoms with Crippen molar-refractivity contribution in [3.63, 3.8) is 0 Å². The van der Waals surface area contributed by atoms with Crippen LogP contribution in [0.2, 0.25) is 10.0 Å². The minimum atomic E-state index is -0.209. The maximum atomic E-state index is 6.41. The smallest absolute Gasteiger partial charge is 0.170 e.